The molecule has 2 saturated heterocycles. The molecule has 0 aromatic rings. The smallest absolute Gasteiger partial charge is 0.445 e. The fourth-order valence-corrected chi connectivity index (χ4v) is 8.46. The predicted molar refractivity (Wildman–Crippen MR) is 286 cm³/mol. The molecule has 78 heavy (non-hydrogen) atoms. The van der Waals surface area contributed by atoms with Crippen LogP contribution in [0.25, 0.3) is 0 Å². The number of hydrogen-bond donors (Lipinski definition) is 10. The van der Waals surface area contributed by atoms with E-state index in [1.807, 2.05) is 57.2 Å². The molecule has 0 aliphatic carbocycles. The summed E-state index contributed by atoms with van der Waals surface area (Å²) in [5.74, 6) is -2.51. The molecule has 2 fully saturated rings. The summed E-state index contributed by atoms with van der Waals surface area (Å²) in [6.07, 6.45) is 6.70. The van der Waals surface area contributed by atoms with Crippen LogP contribution >= 0.6 is 0 Å². The van der Waals surface area contributed by atoms with E-state index in [0.29, 0.717) is 6.29 Å². The van der Waals surface area contributed by atoms with Crippen molar-refractivity contribution in [3.63, 3.8) is 0 Å². The number of isocyanates is 1. The minimum absolute atomic E-state index is 0.0355. The van der Waals surface area contributed by atoms with Crippen molar-refractivity contribution < 1.29 is 98.3 Å². The van der Waals surface area contributed by atoms with Gasteiger partial charge in [0, 0.05) is 51.0 Å². The number of carbonyl (C=O) groups is 3. The third-order valence-electron chi connectivity index (χ3n) is 13.0. The lowest BCUT2D eigenvalue weighted by atomic mass is 9.87. The minimum Gasteiger partial charge on any atom is -0.445 e. The lowest BCUT2D eigenvalue weighted by molar-refractivity contribution is -0.302. The summed E-state index contributed by atoms with van der Waals surface area (Å²) in [5.41, 5.74) is 0. The summed E-state index contributed by atoms with van der Waals surface area (Å²) in [6, 6.07) is -2.79. The number of nitrogens with one attached hydrogen (secondary N) is 1. The van der Waals surface area contributed by atoms with Crippen molar-refractivity contribution in [3.05, 3.63) is 110 Å². The molecule has 2 heterocycles. The van der Waals surface area contributed by atoms with E-state index >= 15 is 0 Å². The zero-order valence-electron chi connectivity index (χ0n) is 45.2. The van der Waals surface area contributed by atoms with Crippen LogP contribution in [0.15, 0.2) is 115 Å². The molecule has 22 heteroatoms. The zero-order valence-corrected chi connectivity index (χ0v) is 45.2. The van der Waals surface area contributed by atoms with Crippen molar-refractivity contribution in [1.82, 2.24) is 5.32 Å². The molecule has 22 nitrogen and oxygen atoms in total. The van der Waals surface area contributed by atoms with Gasteiger partial charge in [0.15, 0.2) is 12.1 Å². The van der Waals surface area contributed by atoms with Crippen LogP contribution in [0.2, 0.25) is 0 Å². The molecular formula is C56H84N2O20. The van der Waals surface area contributed by atoms with Gasteiger partial charge < -0.3 is 89.2 Å². The molecule has 0 radical (unpaired) electrons. The van der Waals surface area contributed by atoms with Crippen molar-refractivity contribution >= 4 is 24.6 Å². The van der Waals surface area contributed by atoms with Gasteiger partial charge in [0.1, 0.15) is 43.9 Å². The van der Waals surface area contributed by atoms with Crippen LogP contribution in [-0.2, 0) is 42.7 Å². The quantitative estimate of drug-likeness (QED) is 0.0109. The summed E-state index contributed by atoms with van der Waals surface area (Å²) in [5, 5.41) is 100. The van der Waals surface area contributed by atoms with Crippen LogP contribution in [0.4, 0.5) is 9.59 Å². The molecule has 0 aromatic heterocycles. The summed E-state index contributed by atoms with van der Waals surface area (Å²) in [4.78, 5) is 51.9. The van der Waals surface area contributed by atoms with Gasteiger partial charge in [0.2, 0.25) is 6.08 Å². The number of ether oxygens (including phenoxy) is 7. The van der Waals surface area contributed by atoms with Gasteiger partial charge in [-0.05, 0) is 33.1 Å². The number of allylic oxidation sites excluding steroid dienone is 12. The van der Waals surface area contributed by atoms with E-state index in [4.69, 9.17) is 33.2 Å². The van der Waals surface area contributed by atoms with Crippen LogP contribution < -0.4 is 5.32 Å². The molecule has 0 saturated carbocycles. The number of aliphatic hydroxyl groups is 9. The molecule has 10 N–H and O–H groups in total. The van der Waals surface area contributed by atoms with Crippen molar-refractivity contribution in [2.75, 3.05) is 20.3 Å². The molecule has 2 aliphatic heterocycles. The second kappa shape index (κ2) is 37.6. The Balaban J connectivity index is 2.43. The molecule has 2 rings (SSSR count). The number of aliphatic hydroxyl groups excluding tert-OH is 8. The van der Waals surface area contributed by atoms with Crippen molar-refractivity contribution in [2.45, 2.75) is 183 Å². The largest absolute Gasteiger partial charge is 0.508 e. The molecule has 19 atom stereocenters. The summed E-state index contributed by atoms with van der Waals surface area (Å²) in [6.45, 7) is 13.8. The monoisotopic (exact) mass is 1100 g/mol. The Kier molecular flexibility index (Phi) is 33.2. The first-order valence-electron chi connectivity index (χ1n) is 26.0. The van der Waals surface area contributed by atoms with Crippen molar-refractivity contribution in [1.29, 1.82) is 0 Å². The summed E-state index contributed by atoms with van der Waals surface area (Å²) >= 11 is 0. The van der Waals surface area contributed by atoms with Crippen molar-refractivity contribution in [3.8, 4) is 0 Å². The average molecular weight is 1110 g/mol. The second-order valence-corrected chi connectivity index (χ2v) is 19.3. The van der Waals surface area contributed by atoms with E-state index in [1.54, 1.807) is 49.6 Å². The van der Waals surface area contributed by atoms with Crippen LogP contribution in [0.3, 0.4) is 0 Å². The molecule has 0 spiro atoms. The first-order chi connectivity index (χ1) is 37.1. The molecule has 1 amide bonds. The van der Waals surface area contributed by atoms with Crippen molar-refractivity contribution in [2.24, 2.45) is 16.8 Å². The molecule has 2 aliphatic rings. The molecule has 19 unspecified atom stereocenters. The number of aldehydes is 1. The van der Waals surface area contributed by atoms with Crippen LogP contribution in [0.5, 0.6) is 0 Å². The normalized spacial score (nSPS) is 28.0. The van der Waals surface area contributed by atoms with E-state index in [2.05, 4.69) is 23.5 Å². The number of alkyl carbamates (subject to hydrolysis) is 1. The average Bonchev–Trinajstić information content (AvgIpc) is 3.41. The first kappa shape index (κ1) is 68.8. The minimum atomic E-state index is -2.40. The maximum absolute atomic E-state index is 12.9. The number of nitrogens with zero attached hydrogens (tertiary/aromatic N) is 1. The molecule has 0 aromatic carbocycles. The Bertz CT molecular complexity index is 2060. The Morgan fingerprint density at radius 2 is 1.40 bits per heavy atom. The highest BCUT2D eigenvalue weighted by Gasteiger charge is 2.51. The van der Waals surface area contributed by atoms with Gasteiger partial charge in [-0.3, -0.25) is 0 Å². The Morgan fingerprint density at radius 1 is 0.808 bits per heavy atom. The lowest BCUT2D eigenvalue weighted by Crippen LogP contribution is -2.64. The first-order valence-corrected chi connectivity index (χ1v) is 26.0. The highest BCUT2D eigenvalue weighted by Crippen LogP contribution is 2.38. The highest BCUT2D eigenvalue weighted by molar-refractivity contribution is 5.68. The van der Waals surface area contributed by atoms with E-state index in [0.717, 1.165) is 0 Å². The third kappa shape index (κ3) is 25.7. The van der Waals surface area contributed by atoms with E-state index in [1.165, 1.54) is 31.2 Å². The van der Waals surface area contributed by atoms with Gasteiger partial charge >= 0.3 is 12.2 Å². The maximum Gasteiger partial charge on any atom is 0.508 e. The van der Waals surface area contributed by atoms with Gasteiger partial charge in [-0.25, -0.2) is 14.4 Å². The number of rotatable bonds is 35. The van der Waals surface area contributed by atoms with Gasteiger partial charge in [0.05, 0.1) is 67.1 Å². The lowest BCUT2D eigenvalue weighted by Gasteiger charge is -2.45. The van der Waals surface area contributed by atoms with Crippen LogP contribution in [0, 0.1) is 11.8 Å². The summed E-state index contributed by atoms with van der Waals surface area (Å²) < 4.78 is 39.2. The van der Waals surface area contributed by atoms with Gasteiger partial charge in [-0.2, -0.15) is 4.99 Å². The Hall–Kier alpha value is -5.27. The van der Waals surface area contributed by atoms with Crippen LogP contribution in [-0.4, -0.2) is 194 Å². The number of aliphatic imine (C=N–C) groups is 1. The summed E-state index contributed by atoms with van der Waals surface area (Å²) in [7, 11) is 1.62. The standard InChI is InChI=1S/C56H84N2O20/c1-8-28-73-54(69)58-49-51(67)39(6)75-53(52(49)68)76-43(23-21-19-17-15-13-11-10-12-14-16-18-20-22-36(3)50(66)37(4)38(5)72-7)32-46-48(57-35-60)47(77-55(70)74-29-9-2)34-56(71,78-46)33-42(63)31-45(65)44(64)25-24-40(61)30-41(62)26-27-59/h8-23,27,36-53,61-68,71H,1-2,24-26,28-34H2,3-7H3,(H,58,69)/b11-10+,14-12+,15-13+,18-16+,19-17+,22-20+,23-21+. The number of carbonyl (C=O) groups excluding carboxylic acids is 4. The number of hydrogen-bond acceptors (Lipinski definition) is 21. The third-order valence-corrected chi connectivity index (χ3v) is 13.0. The van der Waals surface area contributed by atoms with Gasteiger partial charge in [0.25, 0.3) is 0 Å². The molecule has 438 valence electrons. The second-order valence-electron chi connectivity index (χ2n) is 19.3. The van der Waals surface area contributed by atoms with E-state index < -0.39 is 129 Å². The predicted octanol–water partition coefficient (Wildman–Crippen LogP) is 3.30. The molecule has 0 bridgehead atoms. The highest BCUT2D eigenvalue weighted by atomic mass is 16.7. The number of amides is 1. The number of methoxy groups -OCH3 is 1. The van der Waals surface area contributed by atoms with Gasteiger partial charge in [-0.15, -0.1) is 0 Å². The maximum atomic E-state index is 12.9. The van der Waals surface area contributed by atoms with Crippen LogP contribution in [0.1, 0.15) is 79.1 Å². The fraction of sp³-hybridized carbons (Fsp3) is 0.607. The fourth-order valence-electron chi connectivity index (χ4n) is 8.46. The Labute approximate surface area is 457 Å². The van der Waals surface area contributed by atoms with E-state index in [9.17, 15) is 65.1 Å². The SMILES string of the molecule is C=CCOC(=O)NC1C(O)C(C)OC(OC(/C=C/C=C/C=C/C=C/C=C/C=C/C=C/C(C)C(O)C(C)C(C)OC)CC2OC(O)(CC(O)CC(O)C(O)CCC(O)CC(O)CC=O)CC(OC(=O)OCC=C)C2N=C=O)C1O. The van der Waals surface area contributed by atoms with Gasteiger partial charge in [-0.1, -0.05) is 124 Å². The topological polar surface area (TPSA) is 339 Å². The van der Waals surface area contributed by atoms with E-state index in [-0.39, 0.29) is 63.3 Å². The Morgan fingerprint density at radius 3 is 1.97 bits per heavy atom. The zero-order chi connectivity index (χ0) is 58.2. The molecular weight excluding hydrogens is 1020 g/mol.